The van der Waals surface area contributed by atoms with Gasteiger partial charge in [-0.25, -0.2) is 13.3 Å². The number of amides is 2. The number of ether oxygens (including phenoxy) is 1. The summed E-state index contributed by atoms with van der Waals surface area (Å²) < 4.78 is 46.8. The van der Waals surface area contributed by atoms with Gasteiger partial charge in [-0.3, -0.25) is 19.0 Å². The molecule has 1 aliphatic heterocycles. The molecule has 3 aromatic carbocycles. The van der Waals surface area contributed by atoms with Gasteiger partial charge in [-0.05, 0) is 98.5 Å². The fourth-order valence-corrected chi connectivity index (χ4v) is 10.6. The number of halogens is 1. The van der Waals surface area contributed by atoms with E-state index in [9.17, 15) is 28.6 Å². The summed E-state index contributed by atoms with van der Waals surface area (Å²) in [4.78, 5) is 38.5. The smallest absolute Gasteiger partial charge is 0.251 e. The first-order chi connectivity index (χ1) is 28.9. The number of nitrogens with zero attached hydrogens (tertiary/aromatic N) is 3. The molecule has 1 heterocycles. The quantitative estimate of drug-likeness (QED) is 0.107. The zero-order valence-electron chi connectivity index (χ0n) is 36.6. The molecule has 4 aliphatic rings. The highest BCUT2D eigenvalue weighted by Gasteiger charge is 2.57. The number of hydrogen-bond donors (Lipinski definition) is 6. The highest BCUT2D eigenvalue weighted by molar-refractivity contribution is 7.77. The number of anilines is 1. The summed E-state index contributed by atoms with van der Waals surface area (Å²) in [5.41, 5.74) is 2.94. The molecule has 2 bridgehead atoms. The van der Waals surface area contributed by atoms with E-state index >= 15 is 4.39 Å². The average Bonchev–Trinajstić information content (AvgIpc) is 3.59. The van der Waals surface area contributed by atoms with Crippen LogP contribution in [0.2, 0.25) is 0 Å². The van der Waals surface area contributed by atoms with Crippen molar-refractivity contribution in [1.29, 1.82) is 0 Å². The number of nitrogens with one attached hydrogen (secondary N) is 3. The summed E-state index contributed by atoms with van der Waals surface area (Å²) >= 11 is -2.39. The number of fused-ring (bicyclic) bond motifs is 2. The van der Waals surface area contributed by atoms with Crippen LogP contribution in [0.15, 0.2) is 60.7 Å². The zero-order valence-corrected chi connectivity index (χ0v) is 37.4. The van der Waals surface area contributed by atoms with Gasteiger partial charge in [0.15, 0.2) is 0 Å². The van der Waals surface area contributed by atoms with Crippen LogP contribution in [0.3, 0.4) is 0 Å². The molecule has 3 aromatic rings. The third kappa shape index (κ3) is 9.81. The van der Waals surface area contributed by atoms with Crippen LogP contribution >= 0.6 is 0 Å². The Labute approximate surface area is 361 Å². The van der Waals surface area contributed by atoms with Gasteiger partial charge in [0.25, 0.3) is 5.91 Å². The van der Waals surface area contributed by atoms with Gasteiger partial charge in [-0.1, -0.05) is 51.1 Å². The Morgan fingerprint density at radius 1 is 1.08 bits per heavy atom. The summed E-state index contributed by atoms with van der Waals surface area (Å²) in [6.45, 7) is 7.91. The van der Waals surface area contributed by atoms with Crippen LogP contribution in [-0.2, 0) is 27.4 Å². The summed E-state index contributed by atoms with van der Waals surface area (Å²) in [6.07, 6.45) is 0.0193. The van der Waals surface area contributed by atoms with Crippen molar-refractivity contribution in [3.05, 3.63) is 83.2 Å². The SMILES string of the molecule is COc1c(-c2cc(C(=O)N[C@H](CN(C)C)[C@@H](NS(=O)O)c3ccccc3)cc(N(C)C)c2)ccc(F)c1CN1O[C@@H](CO)[C@@H]([C@H](C)O)[C@H]1C(=O)N[C@H]1C[C@H]2C[C@@H]([C@@H]1C)C2(C)C. The molecule has 1 saturated heterocycles. The number of benzene rings is 3. The third-order valence-corrected chi connectivity index (χ3v) is 13.9. The predicted molar refractivity (Wildman–Crippen MR) is 233 cm³/mol. The maximum atomic E-state index is 16.2. The summed E-state index contributed by atoms with van der Waals surface area (Å²) in [7, 11) is 8.77. The van der Waals surface area contributed by atoms with Crippen LogP contribution in [0.1, 0.15) is 68.1 Å². The molecule has 3 saturated carbocycles. The number of aliphatic hydroxyl groups excluding tert-OH is 2. The third-order valence-electron chi connectivity index (χ3n) is 13.5. The normalized spacial score (nSPS) is 26.5. The second kappa shape index (κ2) is 19.2. The molecule has 2 amide bonds. The van der Waals surface area contributed by atoms with Gasteiger partial charge < -0.3 is 35.4 Å². The number of hydroxylamine groups is 2. The Hall–Kier alpha value is -4.00. The van der Waals surface area contributed by atoms with Crippen LogP contribution in [0.5, 0.6) is 5.75 Å². The Morgan fingerprint density at radius 3 is 2.36 bits per heavy atom. The van der Waals surface area contributed by atoms with E-state index in [1.165, 1.54) is 18.2 Å². The van der Waals surface area contributed by atoms with E-state index in [0.29, 0.717) is 40.8 Å². The second-order valence-electron chi connectivity index (χ2n) is 18.1. The van der Waals surface area contributed by atoms with E-state index in [4.69, 9.17) is 9.57 Å². The fourth-order valence-electron chi connectivity index (χ4n) is 10.0. The van der Waals surface area contributed by atoms with Gasteiger partial charge in [0, 0.05) is 55.0 Å². The van der Waals surface area contributed by atoms with Crippen molar-refractivity contribution in [1.82, 2.24) is 25.3 Å². The lowest BCUT2D eigenvalue weighted by molar-refractivity contribution is -0.183. The topological polar surface area (TPSA) is 176 Å². The van der Waals surface area contributed by atoms with Gasteiger partial charge in [0.2, 0.25) is 17.2 Å². The molecule has 0 aromatic heterocycles. The largest absolute Gasteiger partial charge is 0.496 e. The monoisotopic (exact) mass is 866 g/mol. The van der Waals surface area contributed by atoms with Crippen molar-refractivity contribution in [2.24, 2.45) is 29.1 Å². The van der Waals surface area contributed by atoms with E-state index in [1.807, 2.05) is 74.4 Å². The second-order valence-corrected chi connectivity index (χ2v) is 18.8. The van der Waals surface area contributed by atoms with Gasteiger partial charge in [-0.15, -0.1) is 0 Å². The Morgan fingerprint density at radius 2 is 1.79 bits per heavy atom. The lowest BCUT2D eigenvalue weighted by Crippen LogP contribution is -2.62. The van der Waals surface area contributed by atoms with Gasteiger partial charge in [0.05, 0.1) is 38.4 Å². The molecule has 4 fully saturated rings. The first-order valence-corrected chi connectivity index (χ1v) is 22.0. The number of rotatable bonds is 17. The van der Waals surface area contributed by atoms with Crippen molar-refractivity contribution >= 4 is 28.8 Å². The molecule has 14 nitrogen and oxygen atoms in total. The molecule has 61 heavy (non-hydrogen) atoms. The fraction of sp³-hybridized carbons (Fsp3) is 0.556. The lowest BCUT2D eigenvalue weighted by Gasteiger charge is -2.62. The van der Waals surface area contributed by atoms with E-state index in [0.717, 1.165) is 12.8 Å². The highest BCUT2D eigenvalue weighted by atomic mass is 32.2. The van der Waals surface area contributed by atoms with Gasteiger partial charge in [0.1, 0.15) is 23.7 Å². The van der Waals surface area contributed by atoms with Gasteiger partial charge in [-0.2, -0.15) is 5.06 Å². The number of carbonyl (C=O) groups excluding carboxylic acids is 2. The van der Waals surface area contributed by atoms with Crippen LogP contribution < -0.4 is 25.0 Å². The first-order valence-electron chi connectivity index (χ1n) is 20.9. The highest BCUT2D eigenvalue weighted by Crippen LogP contribution is 2.61. The maximum absolute atomic E-state index is 16.2. The number of hydrogen-bond acceptors (Lipinski definition) is 10. The van der Waals surface area contributed by atoms with Crippen molar-refractivity contribution in [2.75, 3.05) is 53.4 Å². The molecule has 0 radical (unpaired) electrons. The predicted octanol–water partition coefficient (Wildman–Crippen LogP) is 4.36. The minimum absolute atomic E-state index is 0.0729. The minimum atomic E-state index is -2.39. The minimum Gasteiger partial charge on any atom is -0.496 e. The van der Waals surface area contributed by atoms with Crippen molar-refractivity contribution < 1.29 is 42.5 Å². The van der Waals surface area contributed by atoms with Gasteiger partial charge >= 0.3 is 0 Å². The van der Waals surface area contributed by atoms with Crippen LogP contribution in [0, 0.1) is 34.9 Å². The molecule has 0 spiro atoms. The Bertz CT molecular complexity index is 2060. The molecule has 16 heteroatoms. The molecule has 6 N–H and O–H groups in total. The van der Waals surface area contributed by atoms with Crippen molar-refractivity contribution in [2.45, 2.75) is 83.5 Å². The van der Waals surface area contributed by atoms with Crippen LogP contribution in [-0.4, -0.2) is 120 Å². The molecule has 1 unspecified atom stereocenters. The molecule has 3 aliphatic carbocycles. The van der Waals surface area contributed by atoms with Crippen molar-refractivity contribution in [3.63, 3.8) is 0 Å². The standard InChI is InChI=1S/C45H63FN6O8S/c1-25-34-20-30(45(34,3)4)21-36(25)47-44(56)41-39(26(2)54)38(24-53)60-52(41)22-33-35(46)16-15-32(42(33)59-9)28-17-29(19-31(18-28)51(7)8)43(55)48-37(23-50(5)6)40(49-61(57)58)27-13-11-10-12-14-27/h10-19,25-26,30,34,36-41,49,53-54H,20-24H2,1-9H3,(H,47,56)(H,48,55)(H,57,58)/t25-,26-,30+,34-,36-,37+,38-,39+,40-,41-/m0/s1. The maximum Gasteiger partial charge on any atom is 0.251 e. The summed E-state index contributed by atoms with van der Waals surface area (Å²) in [6, 6.07) is 14.7. The van der Waals surface area contributed by atoms with Crippen molar-refractivity contribution in [3.8, 4) is 16.9 Å². The van der Waals surface area contributed by atoms with E-state index < -0.39 is 65.8 Å². The number of aliphatic hydroxyl groups is 2. The van der Waals surface area contributed by atoms with Crippen LogP contribution in [0.25, 0.3) is 11.1 Å². The average molecular weight is 867 g/mol. The Balaban J connectivity index is 1.33. The first kappa shape index (κ1) is 46.5. The Kier molecular flexibility index (Phi) is 14.6. The summed E-state index contributed by atoms with van der Waals surface area (Å²) in [5.74, 6) is -0.877. The molecular weight excluding hydrogens is 804 g/mol. The summed E-state index contributed by atoms with van der Waals surface area (Å²) in [5, 5.41) is 29.1. The molecular formula is C45H63FN6O8S. The lowest BCUT2D eigenvalue weighted by atomic mass is 9.45. The molecule has 11 atom stereocenters. The molecule has 7 rings (SSSR count). The zero-order chi connectivity index (χ0) is 44.5. The van der Waals surface area contributed by atoms with E-state index in [2.05, 4.69) is 36.1 Å². The molecule has 334 valence electrons. The van der Waals surface area contributed by atoms with E-state index in [1.54, 1.807) is 25.1 Å². The van der Waals surface area contributed by atoms with E-state index in [-0.39, 0.29) is 46.7 Å². The van der Waals surface area contributed by atoms with Crippen LogP contribution in [0.4, 0.5) is 10.1 Å². The number of carbonyl (C=O) groups is 2. The number of methoxy groups -OCH3 is 1. The number of likely N-dealkylation sites (N-methyl/N-ethyl adjacent to an activating group) is 1.